The van der Waals surface area contributed by atoms with Crippen molar-refractivity contribution in [3.8, 4) is 28.6 Å². The van der Waals surface area contributed by atoms with Crippen LogP contribution in [0.3, 0.4) is 0 Å². The minimum Gasteiger partial charge on any atom is -0.508 e. The summed E-state index contributed by atoms with van der Waals surface area (Å²) < 4.78 is 6.07. The zero-order valence-electron chi connectivity index (χ0n) is 10.5. The molecule has 6 heteroatoms. The first-order chi connectivity index (χ1) is 9.63. The molecular weight excluding hydrogens is 322 g/mol. The molecule has 1 aromatic carbocycles. The van der Waals surface area contributed by atoms with E-state index in [-0.39, 0.29) is 5.75 Å². The Hall–Kier alpha value is -2.21. The van der Waals surface area contributed by atoms with Gasteiger partial charge in [-0.1, -0.05) is 11.2 Å². The van der Waals surface area contributed by atoms with Crippen molar-refractivity contribution in [3.05, 3.63) is 46.7 Å². The Morgan fingerprint density at radius 3 is 2.75 bits per heavy atom. The Kier molecular flexibility index (Phi) is 3.23. The van der Waals surface area contributed by atoms with E-state index in [4.69, 9.17) is 4.52 Å². The van der Waals surface area contributed by atoms with E-state index in [1.165, 1.54) is 0 Å². The zero-order chi connectivity index (χ0) is 14.1. The number of phenolic OH excluding ortho intramolecular Hbond substituents is 1. The number of rotatable bonds is 2. The van der Waals surface area contributed by atoms with Gasteiger partial charge in [0.2, 0.25) is 5.82 Å². The van der Waals surface area contributed by atoms with Crippen LogP contribution in [0.2, 0.25) is 0 Å². The molecule has 0 radical (unpaired) electrons. The van der Waals surface area contributed by atoms with Gasteiger partial charge in [0.05, 0.1) is 0 Å². The van der Waals surface area contributed by atoms with Crippen molar-refractivity contribution >= 4 is 15.9 Å². The van der Waals surface area contributed by atoms with E-state index in [1.807, 2.05) is 19.1 Å². The number of aromatic nitrogens is 3. The largest absolute Gasteiger partial charge is 0.508 e. The molecule has 0 aliphatic rings. The number of hydrogen-bond donors (Lipinski definition) is 1. The lowest BCUT2D eigenvalue weighted by Gasteiger charge is -1.99. The van der Waals surface area contributed by atoms with Crippen molar-refractivity contribution in [2.24, 2.45) is 0 Å². The molecule has 0 unspecified atom stereocenters. The maximum absolute atomic E-state index is 9.72. The molecule has 0 spiro atoms. The van der Waals surface area contributed by atoms with Gasteiger partial charge in [-0.05, 0) is 46.6 Å². The molecule has 5 nitrogen and oxygen atoms in total. The summed E-state index contributed by atoms with van der Waals surface area (Å²) in [6.07, 6.45) is 3.34. The number of hydrogen-bond acceptors (Lipinski definition) is 5. The SMILES string of the molecule is Cc1ccc(-c2nc(-c3cncc(Br)c3)no2)cc1O. The fourth-order valence-corrected chi connectivity index (χ4v) is 2.10. The van der Waals surface area contributed by atoms with Crippen molar-refractivity contribution in [2.75, 3.05) is 0 Å². The van der Waals surface area contributed by atoms with Gasteiger partial charge in [-0.3, -0.25) is 4.98 Å². The van der Waals surface area contributed by atoms with E-state index < -0.39 is 0 Å². The van der Waals surface area contributed by atoms with Crippen LogP contribution in [0.4, 0.5) is 0 Å². The minimum absolute atomic E-state index is 0.200. The van der Waals surface area contributed by atoms with E-state index in [2.05, 4.69) is 31.1 Å². The van der Waals surface area contributed by atoms with Crippen molar-refractivity contribution in [1.82, 2.24) is 15.1 Å². The maximum Gasteiger partial charge on any atom is 0.258 e. The molecule has 0 saturated heterocycles. The van der Waals surface area contributed by atoms with Gasteiger partial charge in [0.25, 0.3) is 5.89 Å². The normalized spacial score (nSPS) is 10.7. The van der Waals surface area contributed by atoms with Crippen LogP contribution >= 0.6 is 15.9 Å². The second-order valence-electron chi connectivity index (χ2n) is 4.32. The smallest absolute Gasteiger partial charge is 0.258 e. The van der Waals surface area contributed by atoms with Crippen LogP contribution in [-0.4, -0.2) is 20.2 Å². The third-order valence-electron chi connectivity index (χ3n) is 2.85. The highest BCUT2D eigenvalue weighted by atomic mass is 79.9. The minimum atomic E-state index is 0.200. The molecule has 3 aromatic rings. The van der Waals surface area contributed by atoms with Crippen molar-refractivity contribution in [1.29, 1.82) is 0 Å². The first kappa shape index (κ1) is 12.8. The van der Waals surface area contributed by atoms with Crippen LogP contribution in [0.5, 0.6) is 5.75 Å². The lowest BCUT2D eigenvalue weighted by molar-refractivity contribution is 0.431. The number of phenols is 1. The summed E-state index contributed by atoms with van der Waals surface area (Å²) in [6, 6.07) is 7.08. The standard InChI is InChI=1S/C14H10BrN3O2/c1-8-2-3-9(5-12(8)19)14-17-13(18-20-14)10-4-11(15)7-16-6-10/h2-7,19H,1H3. The zero-order valence-corrected chi connectivity index (χ0v) is 12.1. The van der Waals surface area contributed by atoms with E-state index in [1.54, 1.807) is 24.5 Å². The van der Waals surface area contributed by atoms with Crippen molar-refractivity contribution in [3.63, 3.8) is 0 Å². The lowest BCUT2D eigenvalue weighted by Crippen LogP contribution is -1.83. The van der Waals surface area contributed by atoms with Crippen molar-refractivity contribution < 1.29 is 9.63 Å². The number of halogens is 1. The number of pyridine rings is 1. The topological polar surface area (TPSA) is 72.0 Å². The fourth-order valence-electron chi connectivity index (χ4n) is 1.73. The summed E-state index contributed by atoms with van der Waals surface area (Å²) in [7, 11) is 0. The first-order valence-electron chi connectivity index (χ1n) is 5.88. The van der Waals surface area contributed by atoms with Gasteiger partial charge in [-0.25, -0.2) is 0 Å². The summed E-state index contributed by atoms with van der Waals surface area (Å²) in [5.74, 6) is 1.01. The number of aryl methyl sites for hydroxylation is 1. The van der Waals surface area contributed by atoms with E-state index in [9.17, 15) is 5.11 Å². The Morgan fingerprint density at radius 2 is 2.00 bits per heavy atom. The van der Waals surface area contributed by atoms with Gasteiger partial charge < -0.3 is 9.63 Å². The Labute approximate surface area is 123 Å². The number of aromatic hydroxyl groups is 1. The predicted octanol–water partition coefficient (Wildman–Crippen LogP) is 3.58. The van der Waals surface area contributed by atoms with Crippen LogP contribution in [0.25, 0.3) is 22.8 Å². The highest BCUT2D eigenvalue weighted by Gasteiger charge is 2.12. The molecule has 1 N–H and O–H groups in total. The van der Waals surface area contributed by atoms with Crippen LogP contribution in [0.15, 0.2) is 45.7 Å². The monoisotopic (exact) mass is 331 g/mol. The molecule has 3 rings (SSSR count). The Bertz CT molecular complexity index is 771. The molecule has 0 aliphatic heterocycles. The number of benzene rings is 1. The highest BCUT2D eigenvalue weighted by molar-refractivity contribution is 9.10. The average molecular weight is 332 g/mol. The van der Waals surface area contributed by atoms with E-state index in [0.717, 1.165) is 15.6 Å². The second kappa shape index (κ2) is 5.05. The summed E-state index contributed by atoms with van der Waals surface area (Å²) in [5.41, 5.74) is 2.23. The second-order valence-corrected chi connectivity index (χ2v) is 5.23. The lowest BCUT2D eigenvalue weighted by atomic mass is 10.1. The first-order valence-corrected chi connectivity index (χ1v) is 6.67. The summed E-state index contributed by atoms with van der Waals surface area (Å²) >= 11 is 3.35. The van der Waals surface area contributed by atoms with Gasteiger partial charge in [-0.15, -0.1) is 0 Å². The third kappa shape index (κ3) is 2.42. The van der Waals surface area contributed by atoms with Crippen LogP contribution in [0.1, 0.15) is 5.56 Å². The molecule has 20 heavy (non-hydrogen) atoms. The summed E-state index contributed by atoms with van der Waals surface area (Å²) in [5, 5.41) is 13.6. The molecule has 2 aromatic heterocycles. The van der Waals surface area contributed by atoms with E-state index in [0.29, 0.717) is 17.3 Å². The molecule has 2 heterocycles. The van der Waals surface area contributed by atoms with E-state index >= 15 is 0 Å². The van der Waals surface area contributed by atoms with Gasteiger partial charge in [0.15, 0.2) is 0 Å². The molecule has 0 aliphatic carbocycles. The van der Waals surface area contributed by atoms with Gasteiger partial charge in [0, 0.05) is 28.0 Å². The van der Waals surface area contributed by atoms with Gasteiger partial charge >= 0.3 is 0 Å². The Morgan fingerprint density at radius 1 is 1.15 bits per heavy atom. The fraction of sp³-hybridized carbons (Fsp3) is 0.0714. The molecule has 0 fully saturated rings. The van der Waals surface area contributed by atoms with Crippen LogP contribution in [-0.2, 0) is 0 Å². The van der Waals surface area contributed by atoms with Crippen LogP contribution in [0, 0.1) is 6.92 Å². The highest BCUT2D eigenvalue weighted by Crippen LogP contribution is 2.27. The van der Waals surface area contributed by atoms with Gasteiger partial charge in [0.1, 0.15) is 5.75 Å². The maximum atomic E-state index is 9.72. The predicted molar refractivity (Wildman–Crippen MR) is 77.1 cm³/mol. The molecule has 0 amide bonds. The Balaban J connectivity index is 1.99. The molecule has 0 saturated carbocycles. The third-order valence-corrected chi connectivity index (χ3v) is 3.28. The van der Waals surface area contributed by atoms with Crippen LogP contribution < -0.4 is 0 Å². The summed E-state index contributed by atoms with van der Waals surface area (Å²) in [6.45, 7) is 1.82. The molecule has 100 valence electrons. The van der Waals surface area contributed by atoms with Crippen molar-refractivity contribution in [2.45, 2.75) is 6.92 Å². The molecular formula is C14H10BrN3O2. The quantitative estimate of drug-likeness (QED) is 0.777. The average Bonchev–Trinajstić information content (AvgIpc) is 2.92. The number of nitrogens with zero attached hydrogens (tertiary/aromatic N) is 3. The molecule has 0 atom stereocenters. The van der Waals surface area contributed by atoms with Gasteiger partial charge in [-0.2, -0.15) is 4.98 Å². The summed E-state index contributed by atoms with van der Waals surface area (Å²) in [4.78, 5) is 8.37. The molecule has 0 bridgehead atoms.